The molecule has 2 rings (SSSR count). The lowest BCUT2D eigenvalue weighted by atomic mass is 10.0. The van der Waals surface area contributed by atoms with Gasteiger partial charge in [-0.3, -0.25) is 4.79 Å². The van der Waals surface area contributed by atoms with Crippen LogP contribution in [0.3, 0.4) is 0 Å². The highest BCUT2D eigenvalue weighted by Gasteiger charge is 2.28. The molecule has 1 aromatic rings. The van der Waals surface area contributed by atoms with Gasteiger partial charge in [-0.25, -0.2) is 4.79 Å². The molecule has 0 radical (unpaired) electrons. The van der Waals surface area contributed by atoms with Gasteiger partial charge < -0.3 is 21.7 Å². The van der Waals surface area contributed by atoms with Gasteiger partial charge in [0.1, 0.15) is 0 Å². The molecule has 0 bridgehead atoms. The van der Waals surface area contributed by atoms with E-state index in [1.54, 1.807) is 18.2 Å². The molecule has 0 heterocycles. The molecule has 0 aliphatic heterocycles. The van der Waals surface area contributed by atoms with Crippen LogP contribution >= 0.6 is 24.0 Å². The van der Waals surface area contributed by atoms with Crippen LogP contribution in [0.4, 0.5) is 10.5 Å². The molecule has 1 aliphatic rings. The maximum Gasteiger partial charge on any atom is 0.319 e. The highest BCUT2D eigenvalue weighted by atomic mass is 35.5. The van der Waals surface area contributed by atoms with Gasteiger partial charge in [-0.15, -0.1) is 12.4 Å². The average molecular weight is 403 g/mol. The summed E-state index contributed by atoms with van der Waals surface area (Å²) in [6.45, 7) is 6.24. The maximum absolute atomic E-state index is 12.6. The van der Waals surface area contributed by atoms with Gasteiger partial charge in [0.05, 0.1) is 10.6 Å². The summed E-state index contributed by atoms with van der Waals surface area (Å²) >= 11 is 6.18. The van der Waals surface area contributed by atoms with Gasteiger partial charge in [-0.2, -0.15) is 0 Å². The van der Waals surface area contributed by atoms with Crippen LogP contribution in [0.15, 0.2) is 18.2 Å². The molecular weight excluding hydrogens is 375 g/mol. The van der Waals surface area contributed by atoms with Gasteiger partial charge in [0, 0.05) is 17.3 Å². The summed E-state index contributed by atoms with van der Waals surface area (Å²) in [6, 6.07) is 4.61. The first-order valence-corrected chi connectivity index (χ1v) is 8.97. The van der Waals surface area contributed by atoms with Crippen LogP contribution in [0, 0.1) is 5.92 Å². The number of nitrogens with one attached hydrogen (secondary N) is 3. The monoisotopic (exact) mass is 402 g/mol. The van der Waals surface area contributed by atoms with Crippen molar-refractivity contribution in [3.8, 4) is 0 Å². The van der Waals surface area contributed by atoms with E-state index in [-0.39, 0.29) is 35.9 Å². The molecule has 2 atom stereocenters. The van der Waals surface area contributed by atoms with Gasteiger partial charge >= 0.3 is 6.03 Å². The average Bonchev–Trinajstić information content (AvgIpc) is 2.94. The van der Waals surface area contributed by atoms with E-state index in [4.69, 9.17) is 17.3 Å². The van der Waals surface area contributed by atoms with Crippen molar-refractivity contribution in [3.63, 3.8) is 0 Å². The Kier molecular flexibility index (Phi) is 8.18. The number of nitrogens with two attached hydrogens (primary N) is 1. The first kappa shape index (κ1) is 22.5. The van der Waals surface area contributed by atoms with Crippen molar-refractivity contribution in [2.24, 2.45) is 11.7 Å². The van der Waals surface area contributed by atoms with Crippen LogP contribution < -0.4 is 21.7 Å². The Morgan fingerprint density at radius 2 is 1.96 bits per heavy atom. The lowest BCUT2D eigenvalue weighted by molar-refractivity contribution is 0.0929. The number of rotatable bonds is 4. The minimum atomic E-state index is -0.351. The molecule has 1 aliphatic carbocycles. The second-order valence-corrected chi connectivity index (χ2v) is 7.94. The predicted octanol–water partition coefficient (Wildman–Crippen LogP) is 3.54. The fourth-order valence-corrected chi connectivity index (χ4v) is 3.24. The standard InChI is InChI=1S/C18H27ClN4O2.ClH/c1-18(2,3)23-17(25)21-12-7-8-14(19)13(9-12)16(24)22-15-6-4-5-11(15)10-20;/h7-9,11,15H,4-6,10,20H2,1-3H3,(H,22,24)(H2,21,23,25);1H. The number of anilines is 1. The second-order valence-electron chi connectivity index (χ2n) is 7.53. The van der Waals surface area contributed by atoms with Crippen LogP contribution in [0.1, 0.15) is 50.4 Å². The highest BCUT2D eigenvalue weighted by molar-refractivity contribution is 6.34. The van der Waals surface area contributed by atoms with E-state index in [0.29, 0.717) is 28.7 Å². The number of urea groups is 1. The van der Waals surface area contributed by atoms with Crippen LogP contribution in [-0.2, 0) is 0 Å². The third-order valence-electron chi connectivity index (χ3n) is 4.24. The van der Waals surface area contributed by atoms with Crippen molar-refractivity contribution in [2.45, 2.75) is 51.6 Å². The van der Waals surface area contributed by atoms with Crippen molar-refractivity contribution in [1.29, 1.82) is 0 Å². The molecule has 8 heteroatoms. The molecule has 0 aromatic heterocycles. The number of carbonyl (C=O) groups excluding carboxylic acids is 2. The number of hydrogen-bond donors (Lipinski definition) is 4. The smallest absolute Gasteiger partial charge is 0.319 e. The van der Waals surface area contributed by atoms with E-state index in [1.165, 1.54) is 0 Å². The highest BCUT2D eigenvalue weighted by Crippen LogP contribution is 2.26. The zero-order chi connectivity index (χ0) is 18.6. The Bertz CT molecular complexity index is 647. The Hall–Kier alpha value is -1.50. The van der Waals surface area contributed by atoms with Gasteiger partial charge in [0.25, 0.3) is 5.91 Å². The lowest BCUT2D eigenvalue weighted by Crippen LogP contribution is -2.43. The largest absolute Gasteiger partial charge is 0.349 e. The molecule has 0 spiro atoms. The van der Waals surface area contributed by atoms with Crippen LogP contribution in [-0.4, -0.2) is 30.1 Å². The third kappa shape index (κ3) is 6.34. The van der Waals surface area contributed by atoms with Crippen molar-refractivity contribution < 1.29 is 9.59 Å². The quantitative estimate of drug-likeness (QED) is 0.619. The van der Waals surface area contributed by atoms with E-state index in [1.807, 2.05) is 20.8 Å². The summed E-state index contributed by atoms with van der Waals surface area (Å²) < 4.78 is 0. The van der Waals surface area contributed by atoms with Crippen molar-refractivity contribution in [3.05, 3.63) is 28.8 Å². The van der Waals surface area contributed by atoms with Crippen molar-refractivity contribution in [2.75, 3.05) is 11.9 Å². The van der Waals surface area contributed by atoms with Gasteiger partial charge in [0.2, 0.25) is 0 Å². The normalized spacial score (nSPS) is 19.4. The van der Waals surface area contributed by atoms with Crippen molar-refractivity contribution in [1.82, 2.24) is 10.6 Å². The zero-order valence-corrected chi connectivity index (χ0v) is 17.0. The SMILES string of the molecule is CC(C)(C)NC(=O)Nc1ccc(Cl)c(C(=O)NC2CCCC2CN)c1.Cl. The van der Waals surface area contributed by atoms with Gasteiger partial charge in [0.15, 0.2) is 0 Å². The number of carbonyl (C=O) groups is 2. The van der Waals surface area contributed by atoms with Gasteiger partial charge in [-0.1, -0.05) is 18.0 Å². The van der Waals surface area contributed by atoms with E-state index >= 15 is 0 Å². The number of hydrogen-bond acceptors (Lipinski definition) is 3. The van der Waals surface area contributed by atoms with Crippen LogP contribution in [0.25, 0.3) is 0 Å². The Balaban J connectivity index is 0.00000338. The first-order valence-electron chi connectivity index (χ1n) is 8.59. The minimum absolute atomic E-state index is 0. The van der Waals surface area contributed by atoms with E-state index in [0.717, 1.165) is 19.3 Å². The molecule has 0 saturated heterocycles. The Morgan fingerprint density at radius 1 is 1.27 bits per heavy atom. The maximum atomic E-state index is 12.6. The van der Waals surface area contributed by atoms with Crippen LogP contribution in [0.5, 0.6) is 0 Å². The fraction of sp³-hybridized carbons (Fsp3) is 0.556. The molecule has 1 aromatic carbocycles. The second kappa shape index (κ2) is 9.44. The zero-order valence-electron chi connectivity index (χ0n) is 15.4. The number of benzene rings is 1. The number of halogens is 2. The fourth-order valence-electron chi connectivity index (χ4n) is 3.04. The van der Waals surface area contributed by atoms with Gasteiger partial charge in [-0.05, 0) is 64.3 Å². The molecule has 146 valence electrons. The summed E-state index contributed by atoms with van der Waals surface area (Å²) in [6.07, 6.45) is 3.02. The molecule has 2 unspecified atom stereocenters. The summed E-state index contributed by atoms with van der Waals surface area (Å²) in [4.78, 5) is 24.6. The van der Waals surface area contributed by atoms with E-state index in [2.05, 4.69) is 16.0 Å². The molecule has 26 heavy (non-hydrogen) atoms. The molecule has 1 saturated carbocycles. The Labute approximate surface area is 166 Å². The molecule has 1 fully saturated rings. The van der Waals surface area contributed by atoms with E-state index in [9.17, 15) is 9.59 Å². The molecule has 3 amide bonds. The predicted molar refractivity (Wildman–Crippen MR) is 108 cm³/mol. The summed E-state index contributed by atoms with van der Waals surface area (Å²) in [5.74, 6) is 0.0665. The minimum Gasteiger partial charge on any atom is -0.349 e. The van der Waals surface area contributed by atoms with E-state index < -0.39 is 0 Å². The lowest BCUT2D eigenvalue weighted by Gasteiger charge is -2.21. The topological polar surface area (TPSA) is 96.2 Å². The summed E-state index contributed by atoms with van der Waals surface area (Å²) in [5.41, 5.74) is 6.27. The summed E-state index contributed by atoms with van der Waals surface area (Å²) in [7, 11) is 0. The molecule has 5 N–H and O–H groups in total. The molecule has 6 nitrogen and oxygen atoms in total. The van der Waals surface area contributed by atoms with Crippen LogP contribution in [0.2, 0.25) is 5.02 Å². The number of amides is 3. The Morgan fingerprint density at radius 3 is 2.58 bits per heavy atom. The molecular formula is C18H28Cl2N4O2. The summed E-state index contributed by atoms with van der Waals surface area (Å²) in [5, 5.41) is 8.90. The van der Waals surface area contributed by atoms with Crippen molar-refractivity contribution >= 4 is 41.6 Å². The third-order valence-corrected chi connectivity index (χ3v) is 4.57. The first-order chi connectivity index (χ1) is 11.7.